The fourth-order valence-electron chi connectivity index (χ4n) is 3.64. The summed E-state index contributed by atoms with van der Waals surface area (Å²) < 4.78 is 12.6. The number of nitrogens with zero attached hydrogens (tertiary/aromatic N) is 3. The lowest BCUT2D eigenvalue weighted by Crippen LogP contribution is -2.10. The second-order valence-electron chi connectivity index (χ2n) is 7.38. The van der Waals surface area contributed by atoms with Crippen LogP contribution in [0.3, 0.4) is 0 Å². The number of anilines is 1. The van der Waals surface area contributed by atoms with E-state index in [1.165, 1.54) is 0 Å². The molecule has 0 bridgehead atoms. The van der Waals surface area contributed by atoms with E-state index in [1.54, 1.807) is 11.7 Å². The molecule has 2 aromatic carbocycles. The molecular weight excluding hydrogens is 392 g/mol. The van der Waals surface area contributed by atoms with Gasteiger partial charge in [0.25, 0.3) is 0 Å². The van der Waals surface area contributed by atoms with Gasteiger partial charge in [0.15, 0.2) is 5.65 Å². The quantitative estimate of drug-likeness (QED) is 0.323. The summed E-state index contributed by atoms with van der Waals surface area (Å²) in [5, 5.41) is 0. The highest BCUT2D eigenvalue weighted by atomic mass is 16.5. The number of ether oxygens (including phenoxy) is 2. The molecule has 4 rings (SSSR count). The Labute approximate surface area is 180 Å². The molecule has 2 heterocycles. The molecule has 160 valence electrons. The van der Waals surface area contributed by atoms with Gasteiger partial charge in [-0.1, -0.05) is 44.4 Å². The molecule has 31 heavy (non-hydrogen) atoms. The number of fused-ring (bicyclic) bond motifs is 2. The number of unbranched alkanes of at least 4 members (excludes halogenated alkanes) is 3. The molecule has 0 saturated carbocycles. The molecule has 0 spiro atoms. The maximum Gasteiger partial charge on any atom is 0.344 e. The number of nitrogens with two attached hydrogens (primary N) is 1. The highest BCUT2D eigenvalue weighted by molar-refractivity contribution is 6.09. The van der Waals surface area contributed by atoms with E-state index in [-0.39, 0.29) is 11.4 Å². The highest BCUT2D eigenvalue weighted by Crippen LogP contribution is 2.32. The molecule has 2 N–H and O–H groups in total. The van der Waals surface area contributed by atoms with Gasteiger partial charge in [-0.3, -0.25) is 4.57 Å². The second kappa shape index (κ2) is 9.04. The molecule has 0 amide bonds. The average Bonchev–Trinajstić information content (AvgIpc) is 3.08. The first-order chi connectivity index (χ1) is 15.1. The van der Waals surface area contributed by atoms with Gasteiger partial charge < -0.3 is 15.2 Å². The van der Waals surface area contributed by atoms with Crippen LogP contribution >= 0.6 is 0 Å². The Bertz CT molecular complexity index is 1230. The monoisotopic (exact) mass is 418 g/mol. The van der Waals surface area contributed by atoms with Gasteiger partial charge in [0.05, 0.1) is 30.4 Å². The summed E-state index contributed by atoms with van der Waals surface area (Å²) in [5.74, 6) is 0.440. The Balaban J connectivity index is 1.84. The Kier molecular flexibility index (Phi) is 6.02. The zero-order valence-electron chi connectivity index (χ0n) is 17.8. The molecule has 0 aliphatic rings. The predicted molar refractivity (Wildman–Crippen MR) is 122 cm³/mol. The van der Waals surface area contributed by atoms with Crippen molar-refractivity contribution in [3.05, 3.63) is 54.1 Å². The topological polar surface area (TPSA) is 92.3 Å². The lowest BCUT2D eigenvalue weighted by molar-refractivity contribution is 0.0501. The van der Waals surface area contributed by atoms with Crippen molar-refractivity contribution in [2.75, 3.05) is 19.5 Å². The number of esters is 1. The Morgan fingerprint density at radius 2 is 1.81 bits per heavy atom. The number of para-hydroxylation sites is 2. The fourth-order valence-corrected chi connectivity index (χ4v) is 3.64. The van der Waals surface area contributed by atoms with Crippen LogP contribution in [0.15, 0.2) is 48.5 Å². The van der Waals surface area contributed by atoms with Crippen molar-refractivity contribution < 1.29 is 14.3 Å². The van der Waals surface area contributed by atoms with Crippen LogP contribution in [0.2, 0.25) is 0 Å². The molecule has 4 aromatic rings. The summed E-state index contributed by atoms with van der Waals surface area (Å²) in [4.78, 5) is 22.5. The van der Waals surface area contributed by atoms with Crippen molar-refractivity contribution in [1.82, 2.24) is 14.5 Å². The molecular formula is C24H26N4O3. The van der Waals surface area contributed by atoms with Crippen molar-refractivity contribution in [2.24, 2.45) is 0 Å². The van der Waals surface area contributed by atoms with Crippen molar-refractivity contribution in [3.63, 3.8) is 0 Å². The smallest absolute Gasteiger partial charge is 0.344 e. The van der Waals surface area contributed by atoms with E-state index >= 15 is 0 Å². The van der Waals surface area contributed by atoms with Crippen molar-refractivity contribution in [2.45, 2.75) is 32.6 Å². The molecule has 0 radical (unpaired) electrons. The minimum atomic E-state index is -0.481. The summed E-state index contributed by atoms with van der Waals surface area (Å²) >= 11 is 0. The van der Waals surface area contributed by atoms with Crippen molar-refractivity contribution >= 4 is 34.0 Å². The first-order valence-electron chi connectivity index (χ1n) is 10.5. The van der Waals surface area contributed by atoms with Crippen LogP contribution in [-0.4, -0.2) is 34.2 Å². The van der Waals surface area contributed by atoms with Crippen LogP contribution in [-0.2, 0) is 4.74 Å². The van der Waals surface area contributed by atoms with E-state index in [0.29, 0.717) is 29.0 Å². The Morgan fingerprint density at radius 3 is 2.55 bits per heavy atom. The van der Waals surface area contributed by atoms with Gasteiger partial charge in [-0.05, 0) is 30.7 Å². The van der Waals surface area contributed by atoms with Crippen LogP contribution in [0, 0.1) is 0 Å². The summed E-state index contributed by atoms with van der Waals surface area (Å²) in [6, 6.07) is 15.0. The first-order valence-corrected chi connectivity index (χ1v) is 10.5. The zero-order valence-corrected chi connectivity index (χ0v) is 17.8. The first kappa shape index (κ1) is 20.7. The molecule has 0 unspecified atom stereocenters. The number of hydrogen-bond donors (Lipinski definition) is 1. The van der Waals surface area contributed by atoms with E-state index in [1.807, 2.05) is 48.5 Å². The van der Waals surface area contributed by atoms with Gasteiger partial charge in [-0.25, -0.2) is 14.8 Å². The summed E-state index contributed by atoms with van der Waals surface area (Å²) in [6.45, 7) is 2.49. The van der Waals surface area contributed by atoms with E-state index in [9.17, 15) is 4.79 Å². The largest absolute Gasteiger partial charge is 0.497 e. The van der Waals surface area contributed by atoms with Crippen LogP contribution in [0.1, 0.15) is 43.0 Å². The number of rotatable bonds is 8. The Hall–Kier alpha value is -3.61. The van der Waals surface area contributed by atoms with Crippen molar-refractivity contribution in [1.29, 1.82) is 0 Å². The van der Waals surface area contributed by atoms with Gasteiger partial charge in [0.1, 0.15) is 22.6 Å². The maximum atomic E-state index is 13.0. The van der Waals surface area contributed by atoms with Gasteiger partial charge >= 0.3 is 5.97 Å². The van der Waals surface area contributed by atoms with E-state index < -0.39 is 5.97 Å². The van der Waals surface area contributed by atoms with Gasteiger partial charge in [0, 0.05) is 6.07 Å². The number of carbonyl (C=O) groups excluding carboxylic acids is 1. The third-order valence-electron chi connectivity index (χ3n) is 5.24. The molecule has 7 nitrogen and oxygen atoms in total. The molecule has 0 saturated heterocycles. The van der Waals surface area contributed by atoms with Crippen molar-refractivity contribution in [3.8, 4) is 11.4 Å². The van der Waals surface area contributed by atoms with E-state index in [0.717, 1.165) is 36.9 Å². The van der Waals surface area contributed by atoms with Gasteiger partial charge in [-0.2, -0.15) is 0 Å². The zero-order chi connectivity index (χ0) is 21.8. The predicted octanol–water partition coefficient (Wildman–Crippen LogP) is 4.90. The minimum Gasteiger partial charge on any atom is -0.497 e. The fraction of sp³-hybridized carbons (Fsp3) is 0.292. The molecule has 0 aliphatic carbocycles. The maximum absolute atomic E-state index is 13.0. The number of benzene rings is 2. The summed E-state index contributed by atoms with van der Waals surface area (Å²) in [6.07, 6.45) is 4.09. The average molecular weight is 418 g/mol. The number of methoxy groups -OCH3 is 1. The lowest BCUT2D eigenvalue weighted by Gasteiger charge is -2.09. The minimum absolute atomic E-state index is 0.242. The molecule has 0 fully saturated rings. The molecule has 7 heteroatoms. The van der Waals surface area contributed by atoms with Crippen LogP contribution < -0.4 is 10.5 Å². The summed E-state index contributed by atoms with van der Waals surface area (Å²) in [5.41, 5.74) is 9.81. The third kappa shape index (κ3) is 4.03. The van der Waals surface area contributed by atoms with E-state index in [4.69, 9.17) is 25.2 Å². The third-order valence-corrected chi connectivity index (χ3v) is 5.24. The molecule has 2 aromatic heterocycles. The number of hydrogen-bond acceptors (Lipinski definition) is 6. The van der Waals surface area contributed by atoms with E-state index in [2.05, 4.69) is 6.92 Å². The number of nitrogen functional groups attached to an aromatic ring is 1. The van der Waals surface area contributed by atoms with Crippen LogP contribution in [0.25, 0.3) is 27.9 Å². The Morgan fingerprint density at radius 1 is 1.03 bits per heavy atom. The van der Waals surface area contributed by atoms with Gasteiger partial charge in [-0.15, -0.1) is 0 Å². The molecule has 0 aliphatic heterocycles. The standard InChI is InChI=1S/C24H26N4O3/c1-3-4-5-8-14-31-24(29)20-21-23(27-19-13-7-6-12-18(19)26-21)28(22(20)25)16-10-9-11-17(15-16)30-2/h6-7,9-13,15H,3-5,8,14,25H2,1-2H3. The van der Waals surface area contributed by atoms with Crippen LogP contribution in [0.5, 0.6) is 5.75 Å². The number of aromatic nitrogens is 3. The van der Waals surface area contributed by atoms with Gasteiger partial charge in [0.2, 0.25) is 0 Å². The normalized spacial score (nSPS) is 11.2. The lowest BCUT2D eigenvalue weighted by atomic mass is 10.2. The molecule has 0 atom stereocenters. The van der Waals surface area contributed by atoms with Crippen LogP contribution in [0.4, 0.5) is 5.82 Å². The number of carbonyl (C=O) groups is 1. The SMILES string of the molecule is CCCCCCOC(=O)c1c(N)n(-c2cccc(OC)c2)c2nc3ccccc3nc12. The summed E-state index contributed by atoms with van der Waals surface area (Å²) in [7, 11) is 1.60. The second-order valence-corrected chi connectivity index (χ2v) is 7.38. The highest BCUT2D eigenvalue weighted by Gasteiger charge is 2.26.